The van der Waals surface area contributed by atoms with E-state index in [1.54, 1.807) is 0 Å². The molecular weight excluding hydrogens is 320 g/mol. The molecule has 0 aliphatic carbocycles. The molecule has 1 heterocycles. The number of methoxy groups -OCH3 is 1. The van der Waals surface area contributed by atoms with E-state index in [-0.39, 0.29) is 11.5 Å². The van der Waals surface area contributed by atoms with Gasteiger partial charge in [-0.25, -0.2) is 4.79 Å². The van der Waals surface area contributed by atoms with Crippen molar-refractivity contribution in [3.63, 3.8) is 0 Å². The zero-order valence-electron chi connectivity index (χ0n) is 13.4. The molecule has 132 valence electrons. The van der Waals surface area contributed by atoms with Gasteiger partial charge in [-0.1, -0.05) is 0 Å². The number of hydrogen-bond donors (Lipinski definition) is 1. The molecule has 0 atom stereocenters. The van der Waals surface area contributed by atoms with Gasteiger partial charge in [0, 0.05) is 19.6 Å². The van der Waals surface area contributed by atoms with E-state index in [1.807, 2.05) is 0 Å². The molecule has 1 aromatic rings. The molecule has 0 unspecified atom stereocenters. The lowest BCUT2D eigenvalue weighted by atomic mass is 10.1. The van der Waals surface area contributed by atoms with Gasteiger partial charge in [-0.05, 0) is 18.6 Å². The van der Waals surface area contributed by atoms with Crippen LogP contribution >= 0.6 is 0 Å². The fourth-order valence-electron chi connectivity index (χ4n) is 2.51. The summed E-state index contributed by atoms with van der Waals surface area (Å²) in [6.45, 7) is 4.37. The van der Waals surface area contributed by atoms with Gasteiger partial charge >= 0.3 is 11.7 Å². The quantitative estimate of drug-likeness (QED) is 0.429. The summed E-state index contributed by atoms with van der Waals surface area (Å²) in [5.41, 5.74) is -1.03. The maximum Gasteiger partial charge on any atom is 0.342 e. The van der Waals surface area contributed by atoms with Gasteiger partial charge in [-0.15, -0.1) is 0 Å². The number of benzene rings is 1. The molecule has 1 aliphatic heterocycles. The van der Waals surface area contributed by atoms with E-state index in [1.165, 1.54) is 13.2 Å². The van der Waals surface area contributed by atoms with Crippen molar-refractivity contribution in [2.24, 2.45) is 0 Å². The predicted octanol–water partition coefficient (Wildman–Crippen LogP) is 1.40. The zero-order chi connectivity index (χ0) is 17.5. The highest BCUT2D eigenvalue weighted by atomic mass is 16.6. The van der Waals surface area contributed by atoms with Gasteiger partial charge in [0.2, 0.25) is 5.75 Å². The molecular formula is C15H20N2O7. The molecule has 0 amide bonds. The minimum absolute atomic E-state index is 0.163. The average molecular weight is 340 g/mol. The van der Waals surface area contributed by atoms with Crippen LogP contribution in [0.2, 0.25) is 0 Å². The van der Waals surface area contributed by atoms with Gasteiger partial charge in [-0.3, -0.25) is 15.0 Å². The molecule has 9 heteroatoms. The number of carboxylic acid groups (broad SMARTS) is 1. The van der Waals surface area contributed by atoms with Crippen LogP contribution in [0.4, 0.5) is 5.69 Å². The lowest BCUT2D eigenvalue weighted by Crippen LogP contribution is -2.37. The van der Waals surface area contributed by atoms with E-state index in [0.717, 1.165) is 45.3 Å². The van der Waals surface area contributed by atoms with E-state index in [4.69, 9.17) is 19.3 Å². The Morgan fingerprint density at radius 1 is 1.42 bits per heavy atom. The highest BCUT2D eigenvalue weighted by molar-refractivity contribution is 5.94. The third-order valence-corrected chi connectivity index (χ3v) is 3.69. The van der Waals surface area contributed by atoms with Crippen LogP contribution in [0.25, 0.3) is 0 Å². The normalized spacial score (nSPS) is 15.0. The summed E-state index contributed by atoms with van der Waals surface area (Å²) in [7, 11) is 1.24. The molecule has 0 aromatic heterocycles. The number of carboxylic acids is 1. The largest absolute Gasteiger partial charge is 0.489 e. The molecule has 1 aromatic carbocycles. The van der Waals surface area contributed by atoms with Crippen molar-refractivity contribution >= 4 is 11.7 Å². The van der Waals surface area contributed by atoms with Gasteiger partial charge in [0.25, 0.3) is 0 Å². The fourth-order valence-corrected chi connectivity index (χ4v) is 2.51. The number of hydrogen-bond acceptors (Lipinski definition) is 7. The van der Waals surface area contributed by atoms with Gasteiger partial charge in [0.15, 0.2) is 5.75 Å². The summed E-state index contributed by atoms with van der Waals surface area (Å²) in [5, 5.41) is 20.3. The lowest BCUT2D eigenvalue weighted by molar-refractivity contribution is -0.386. The van der Waals surface area contributed by atoms with Crippen molar-refractivity contribution in [3.8, 4) is 11.5 Å². The number of nitrogens with zero attached hydrogens (tertiary/aromatic N) is 2. The molecule has 1 fully saturated rings. The molecule has 0 radical (unpaired) electrons. The Morgan fingerprint density at radius 3 is 2.71 bits per heavy atom. The summed E-state index contributed by atoms with van der Waals surface area (Å²) in [5.74, 6) is -1.40. The number of ether oxygens (including phenoxy) is 3. The molecule has 9 nitrogen and oxygen atoms in total. The predicted molar refractivity (Wildman–Crippen MR) is 84.0 cm³/mol. The minimum atomic E-state index is -1.39. The number of nitro groups is 1. The first-order valence-electron chi connectivity index (χ1n) is 7.56. The number of morpholine rings is 1. The third-order valence-electron chi connectivity index (χ3n) is 3.69. The zero-order valence-corrected chi connectivity index (χ0v) is 13.4. The SMILES string of the molecule is COc1c(OCCCN2CCOCC2)ccc(C(=O)O)c1[N+](=O)[O-]. The highest BCUT2D eigenvalue weighted by Crippen LogP contribution is 2.39. The summed E-state index contributed by atoms with van der Waals surface area (Å²) in [6.07, 6.45) is 0.734. The standard InChI is InChI=1S/C15H20N2O7/c1-22-14-12(4-3-11(15(18)19)13(14)17(20)21)24-8-2-5-16-6-9-23-10-7-16/h3-4H,2,5-10H2,1H3,(H,18,19). The van der Waals surface area contributed by atoms with Crippen molar-refractivity contribution in [2.75, 3.05) is 46.6 Å². The van der Waals surface area contributed by atoms with Gasteiger partial charge in [-0.2, -0.15) is 0 Å². The highest BCUT2D eigenvalue weighted by Gasteiger charge is 2.29. The van der Waals surface area contributed by atoms with E-state index < -0.39 is 22.1 Å². The van der Waals surface area contributed by atoms with Crippen LogP contribution in [0.5, 0.6) is 11.5 Å². The first kappa shape index (κ1) is 18.0. The maximum atomic E-state index is 11.2. The first-order chi connectivity index (χ1) is 11.5. The second-order valence-electron chi connectivity index (χ2n) is 5.21. The van der Waals surface area contributed by atoms with Crippen molar-refractivity contribution in [3.05, 3.63) is 27.8 Å². The Kier molecular flexibility index (Phi) is 6.33. The molecule has 24 heavy (non-hydrogen) atoms. The van der Waals surface area contributed by atoms with Gasteiger partial charge in [0.1, 0.15) is 5.56 Å². The van der Waals surface area contributed by atoms with E-state index in [0.29, 0.717) is 6.61 Å². The average Bonchev–Trinajstić information content (AvgIpc) is 2.58. The van der Waals surface area contributed by atoms with E-state index in [9.17, 15) is 14.9 Å². The number of rotatable bonds is 8. The van der Waals surface area contributed by atoms with Crippen LogP contribution in [-0.4, -0.2) is 67.5 Å². The molecule has 0 saturated carbocycles. The smallest absolute Gasteiger partial charge is 0.342 e. The topological polar surface area (TPSA) is 111 Å². The van der Waals surface area contributed by atoms with E-state index >= 15 is 0 Å². The van der Waals surface area contributed by atoms with Crippen LogP contribution in [0.1, 0.15) is 16.8 Å². The first-order valence-corrected chi connectivity index (χ1v) is 7.56. The summed E-state index contributed by atoms with van der Waals surface area (Å²) in [4.78, 5) is 23.8. The molecule has 1 N–H and O–H groups in total. The van der Waals surface area contributed by atoms with Crippen LogP contribution in [0.3, 0.4) is 0 Å². The van der Waals surface area contributed by atoms with Crippen LogP contribution in [0.15, 0.2) is 12.1 Å². The Balaban J connectivity index is 2.02. The second kappa shape index (κ2) is 8.46. The molecule has 1 saturated heterocycles. The molecule has 1 aliphatic rings. The van der Waals surface area contributed by atoms with E-state index in [2.05, 4.69) is 4.90 Å². The van der Waals surface area contributed by atoms with Crippen molar-refractivity contribution in [1.29, 1.82) is 0 Å². The number of carbonyl (C=O) groups is 1. The molecule has 2 rings (SSSR count). The van der Waals surface area contributed by atoms with Crippen LogP contribution in [0, 0.1) is 10.1 Å². The minimum Gasteiger partial charge on any atom is -0.489 e. The van der Waals surface area contributed by atoms with Crippen molar-refractivity contribution < 1.29 is 29.0 Å². The van der Waals surface area contributed by atoms with Gasteiger partial charge in [0.05, 0.1) is 31.9 Å². The Labute approximate surface area is 138 Å². The lowest BCUT2D eigenvalue weighted by Gasteiger charge is -2.26. The van der Waals surface area contributed by atoms with Crippen molar-refractivity contribution in [2.45, 2.75) is 6.42 Å². The number of nitro benzene ring substituents is 1. The summed E-state index contributed by atoms with van der Waals surface area (Å²) < 4.78 is 15.9. The molecule has 0 spiro atoms. The van der Waals surface area contributed by atoms with Crippen LogP contribution in [-0.2, 0) is 4.74 Å². The Bertz CT molecular complexity index is 600. The Morgan fingerprint density at radius 2 is 2.12 bits per heavy atom. The second-order valence-corrected chi connectivity index (χ2v) is 5.21. The summed E-state index contributed by atoms with van der Waals surface area (Å²) in [6, 6.07) is 2.53. The summed E-state index contributed by atoms with van der Waals surface area (Å²) >= 11 is 0. The maximum absolute atomic E-state index is 11.2. The third kappa shape index (κ3) is 4.33. The monoisotopic (exact) mass is 340 g/mol. The van der Waals surface area contributed by atoms with Gasteiger partial charge < -0.3 is 19.3 Å². The number of aromatic carboxylic acids is 1. The molecule has 0 bridgehead atoms. The van der Waals surface area contributed by atoms with Crippen molar-refractivity contribution in [1.82, 2.24) is 4.90 Å². The Hall–Kier alpha value is -2.39. The van der Waals surface area contributed by atoms with Crippen LogP contribution < -0.4 is 9.47 Å². The fraction of sp³-hybridized carbons (Fsp3) is 0.533.